The number of rotatable bonds is 24. The van der Waals surface area contributed by atoms with E-state index in [-0.39, 0.29) is 18.0 Å². The predicted octanol–water partition coefficient (Wildman–Crippen LogP) is 9.75. The first-order valence-corrected chi connectivity index (χ1v) is 24.9. The van der Waals surface area contributed by atoms with Crippen molar-refractivity contribution in [3.05, 3.63) is 35.9 Å². The van der Waals surface area contributed by atoms with E-state index in [9.17, 15) is 4.79 Å². The Morgan fingerprint density at radius 2 is 1.16 bits per heavy atom. The third-order valence-corrected chi connectivity index (χ3v) is 23.9. The van der Waals surface area contributed by atoms with Crippen LogP contribution in [0.25, 0.3) is 0 Å². The largest absolute Gasteiger partial charge is 0.414 e. The Morgan fingerprint density at radius 3 is 1.65 bits per heavy atom. The van der Waals surface area contributed by atoms with Crippen LogP contribution in [0.3, 0.4) is 0 Å². The highest BCUT2D eigenvalue weighted by Crippen LogP contribution is 2.28. The number of carbonyl (C=O) groups excluding carboxylic acids is 1. The van der Waals surface area contributed by atoms with Crippen LogP contribution in [0.2, 0.25) is 54.4 Å². The highest BCUT2D eigenvalue weighted by molar-refractivity contribution is 6.74. The van der Waals surface area contributed by atoms with Gasteiger partial charge in [0.05, 0.1) is 32.0 Å². The molecule has 1 rings (SSSR count). The quantitative estimate of drug-likeness (QED) is 0.0635. The second kappa shape index (κ2) is 21.6. The highest BCUT2D eigenvalue weighted by atomic mass is 28.4. The summed E-state index contributed by atoms with van der Waals surface area (Å²) in [5.41, 5.74) is 1.14. The molecule has 0 aromatic heterocycles. The average Bonchev–Trinajstić information content (AvgIpc) is 3.06. The van der Waals surface area contributed by atoms with E-state index in [1.807, 2.05) is 18.2 Å². The fourth-order valence-corrected chi connectivity index (χ4v) is 14.2. The van der Waals surface area contributed by atoms with Gasteiger partial charge in [0.25, 0.3) is 0 Å². The summed E-state index contributed by atoms with van der Waals surface area (Å²) in [6.45, 7) is 21.9. The van der Waals surface area contributed by atoms with E-state index in [2.05, 4.69) is 86.3 Å². The smallest absolute Gasteiger partial charge is 0.205 e. The number of carbonyl (C=O) groups is 1. The van der Waals surface area contributed by atoms with Gasteiger partial charge in [0.2, 0.25) is 5.78 Å². The molecule has 0 fully saturated rings. The second-order valence-corrected chi connectivity index (χ2v) is 26.2. The molecule has 43 heavy (non-hydrogen) atoms. The lowest BCUT2D eigenvalue weighted by Crippen LogP contribution is -2.44. The van der Waals surface area contributed by atoms with Gasteiger partial charge in [-0.15, -0.1) is 0 Å². The summed E-state index contributed by atoms with van der Waals surface area (Å²) in [6.07, 6.45) is 1.41. The van der Waals surface area contributed by atoms with Crippen LogP contribution >= 0.6 is 0 Å². The molecule has 0 N–H and O–H groups in total. The normalized spacial score (nSPS) is 13.8. The van der Waals surface area contributed by atoms with Crippen LogP contribution in [0.15, 0.2) is 30.3 Å². The van der Waals surface area contributed by atoms with Crippen LogP contribution < -0.4 is 0 Å². The fraction of sp³-hybridized carbons (Fsp3) is 0.743. The first-order valence-electron chi connectivity index (χ1n) is 17.3. The molecule has 0 amide bonds. The van der Waals surface area contributed by atoms with Crippen LogP contribution in [-0.4, -0.2) is 56.2 Å². The Balaban J connectivity index is 2.92. The molecule has 1 aromatic rings. The highest BCUT2D eigenvalue weighted by Gasteiger charge is 2.35. The molecule has 0 aliphatic rings. The van der Waals surface area contributed by atoms with Crippen molar-refractivity contribution in [2.45, 2.75) is 155 Å². The van der Waals surface area contributed by atoms with Gasteiger partial charge in [-0.25, -0.2) is 0 Å². The molecule has 0 heterocycles. The minimum absolute atomic E-state index is 0.0238. The van der Waals surface area contributed by atoms with Crippen LogP contribution in [0.5, 0.6) is 0 Å². The maximum absolute atomic E-state index is 13.0. The molecule has 5 nitrogen and oxygen atoms in total. The fourth-order valence-electron chi connectivity index (χ4n) is 5.84. The zero-order chi connectivity index (χ0) is 32.2. The molecule has 0 spiro atoms. The Kier molecular flexibility index (Phi) is 20.1. The van der Waals surface area contributed by atoms with Crippen molar-refractivity contribution >= 4 is 30.7 Å². The second-order valence-electron chi connectivity index (χ2n) is 12.0. The SMILES string of the molecule is CC[Si](CC)(CC)OC[C@@H](CCC(=O)C#CC[C@@H](COCc1ccccc1)O[Si](CC)(CC)CC)O[Si](CC)(CC)CC. The summed E-state index contributed by atoms with van der Waals surface area (Å²) < 4.78 is 26.4. The molecule has 0 aliphatic carbocycles. The molecule has 0 unspecified atom stereocenters. The Bertz CT molecular complexity index is 909. The van der Waals surface area contributed by atoms with Crippen molar-refractivity contribution in [2.24, 2.45) is 0 Å². The lowest BCUT2D eigenvalue weighted by molar-refractivity contribution is -0.114. The molecular formula is C35H64O5Si3. The van der Waals surface area contributed by atoms with Gasteiger partial charge < -0.3 is 18.0 Å². The van der Waals surface area contributed by atoms with Crippen LogP contribution in [0.1, 0.15) is 87.1 Å². The topological polar surface area (TPSA) is 54.0 Å². The van der Waals surface area contributed by atoms with E-state index in [0.29, 0.717) is 39.1 Å². The third kappa shape index (κ3) is 13.9. The van der Waals surface area contributed by atoms with Crippen LogP contribution in [0, 0.1) is 11.8 Å². The maximum atomic E-state index is 13.0. The molecule has 2 atom stereocenters. The Morgan fingerprint density at radius 1 is 0.674 bits per heavy atom. The van der Waals surface area contributed by atoms with Gasteiger partial charge in [-0.2, -0.15) is 0 Å². The van der Waals surface area contributed by atoms with Crippen LogP contribution in [-0.2, 0) is 29.4 Å². The Hall–Kier alpha value is -1.06. The summed E-state index contributed by atoms with van der Waals surface area (Å²) in [6, 6.07) is 20.0. The van der Waals surface area contributed by atoms with E-state index in [1.54, 1.807) is 0 Å². The summed E-state index contributed by atoms with van der Waals surface area (Å²) in [5.74, 6) is 6.10. The van der Waals surface area contributed by atoms with E-state index in [1.165, 1.54) is 0 Å². The number of ether oxygens (including phenoxy) is 1. The monoisotopic (exact) mass is 648 g/mol. The van der Waals surface area contributed by atoms with Crippen molar-refractivity contribution in [1.29, 1.82) is 0 Å². The number of benzene rings is 1. The molecule has 0 saturated heterocycles. The summed E-state index contributed by atoms with van der Waals surface area (Å²) in [7, 11) is -5.41. The van der Waals surface area contributed by atoms with Gasteiger partial charge in [0.15, 0.2) is 25.0 Å². The average molecular weight is 649 g/mol. The summed E-state index contributed by atoms with van der Waals surface area (Å²) in [5, 5.41) is 0. The molecule has 246 valence electrons. The molecule has 0 saturated carbocycles. The van der Waals surface area contributed by atoms with E-state index in [4.69, 9.17) is 18.0 Å². The molecule has 0 aliphatic heterocycles. The standard InChI is InChI=1S/C35H64O5Si3/c1-10-41(11-2,12-3)38-31-35(40-43(16-7,17-8)18-9)28-27-33(36)25-22-26-34(39-42(13-4,14-5)15-6)30-37-29-32-23-20-19-21-24-32/h19-21,23-24,34-35H,10-18,26-31H2,1-9H3/t34-,35+/m0/s1. The zero-order valence-electron chi connectivity index (χ0n) is 29.2. The number of hydrogen-bond donors (Lipinski definition) is 0. The van der Waals surface area contributed by atoms with Gasteiger partial charge in [0.1, 0.15) is 0 Å². The van der Waals surface area contributed by atoms with E-state index in [0.717, 1.165) is 60.0 Å². The Labute approximate surface area is 268 Å². The zero-order valence-corrected chi connectivity index (χ0v) is 32.2. The lowest BCUT2D eigenvalue weighted by atomic mass is 10.1. The van der Waals surface area contributed by atoms with Crippen molar-refractivity contribution in [2.75, 3.05) is 13.2 Å². The summed E-state index contributed by atoms with van der Waals surface area (Å²) >= 11 is 0. The van der Waals surface area contributed by atoms with Gasteiger partial charge >= 0.3 is 0 Å². The van der Waals surface area contributed by atoms with Gasteiger partial charge in [-0.3, -0.25) is 4.79 Å². The maximum Gasteiger partial charge on any atom is 0.205 e. The molecule has 0 bridgehead atoms. The van der Waals surface area contributed by atoms with E-state index < -0.39 is 25.0 Å². The van der Waals surface area contributed by atoms with Crippen molar-refractivity contribution in [1.82, 2.24) is 0 Å². The van der Waals surface area contributed by atoms with Crippen molar-refractivity contribution in [3.8, 4) is 11.8 Å². The van der Waals surface area contributed by atoms with E-state index >= 15 is 0 Å². The number of hydrogen-bond acceptors (Lipinski definition) is 5. The molecule has 1 aromatic carbocycles. The van der Waals surface area contributed by atoms with Crippen molar-refractivity contribution in [3.63, 3.8) is 0 Å². The summed E-state index contributed by atoms with van der Waals surface area (Å²) in [4.78, 5) is 13.0. The number of Topliss-reactive ketones (excluding diaryl/α,β-unsaturated/α-hetero) is 1. The van der Waals surface area contributed by atoms with Crippen molar-refractivity contribution < 1.29 is 22.8 Å². The van der Waals surface area contributed by atoms with Crippen LogP contribution in [0.4, 0.5) is 0 Å². The minimum Gasteiger partial charge on any atom is -0.414 e. The lowest BCUT2D eigenvalue weighted by Gasteiger charge is -2.36. The number of ketones is 1. The predicted molar refractivity (Wildman–Crippen MR) is 190 cm³/mol. The molecule has 8 heteroatoms. The minimum atomic E-state index is -1.84. The van der Waals surface area contributed by atoms with Gasteiger partial charge in [-0.05, 0) is 72.3 Å². The molecular weight excluding hydrogens is 585 g/mol. The van der Waals surface area contributed by atoms with Gasteiger partial charge in [0, 0.05) is 12.8 Å². The molecule has 0 radical (unpaired) electrons. The van der Waals surface area contributed by atoms with Gasteiger partial charge in [-0.1, -0.05) is 98.6 Å². The first kappa shape index (κ1) is 40.0. The first-order chi connectivity index (χ1) is 20.7. The third-order valence-electron chi connectivity index (χ3n) is 9.87.